The molecular formula is C18H23N3O3. The monoisotopic (exact) mass is 329 g/mol. The maximum absolute atomic E-state index is 13.0. The van der Waals surface area contributed by atoms with Gasteiger partial charge in [0.1, 0.15) is 0 Å². The maximum Gasteiger partial charge on any atom is 0.275 e. The molecule has 128 valence electrons. The number of carbonyl (C=O) groups is 1. The molecule has 6 nitrogen and oxygen atoms in total. The van der Waals surface area contributed by atoms with Gasteiger partial charge in [-0.3, -0.25) is 9.59 Å². The number of carbonyl (C=O) groups excluding carboxylic acids is 1. The average molecular weight is 329 g/mol. The summed E-state index contributed by atoms with van der Waals surface area (Å²) in [6, 6.07) is 7.18. The first-order chi connectivity index (χ1) is 11.7. The van der Waals surface area contributed by atoms with Gasteiger partial charge in [-0.1, -0.05) is 18.2 Å². The molecule has 1 aromatic carbocycles. The molecule has 2 heterocycles. The van der Waals surface area contributed by atoms with E-state index in [1.807, 2.05) is 26.0 Å². The van der Waals surface area contributed by atoms with Gasteiger partial charge in [0.2, 0.25) is 0 Å². The third-order valence-corrected chi connectivity index (χ3v) is 4.44. The van der Waals surface area contributed by atoms with Gasteiger partial charge >= 0.3 is 0 Å². The summed E-state index contributed by atoms with van der Waals surface area (Å²) in [4.78, 5) is 27.2. The van der Waals surface area contributed by atoms with E-state index in [-0.39, 0.29) is 17.6 Å². The van der Waals surface area contributed by atoms with Crippen molar-refractivity contribution in [3.8, 4) is 0 Å². The van der Waals surface area contributed by atoms with Crippen molar-refractivity contribution in [1.82, 2.24) is 14.7 Å². The molecule has 0 N–H and O–H groups in total. The molecule has 1 saturated heterocycles. The Kier molecular flexibility index (Phi) is 4.94. The van der Waals surface area contributed by atoms with E-state index in [0.717, 1.165) is 12.8 Å². The van der Waals surface area contributed by atoms with Gasteiger partial charge in [0, 0.05) is 31.6 Å². The minimum Gasteiger partial charge on any atom is -0.377 e. The van der Waals surface area contributed by atoms with Crippen molar-refractivity contribution in [3.63, 3.8) is 0 Å². The zero-order valence-electron chi connectivity index (χ0n) is 14.2. The van der Waals surface area contributed by atoms with Crippen molar-refractivity contribution in [2.45, 2.75) is 39.3 Å². The Morgan fingerprint density at radius 2 is 2.04 bits per heavy atom. The van der Waals surface area contributed by atoms with Crippen LogP contribution < -0.4 is 5.56 Å². The number of likely N-dealkylation sites (tertiary alicyclic amines) is 1. The molecule has 1 atom stereocenters. The molecule has 1 fully saturated rings. The number of nitrogens with zero attached hydrogens (tertiary/aromatic N) is 3. The third-order valence-electron chi connectivity index (χ3n) is 4.44. The highest BCUT2D eigenvalue weighted by Crippen LogP contribution is 2.19. The average Bonchev–Trinajstić information content (AvgIpc) is 2.62. The first-order valence-electron chi connectivity index (χ1n) is 8.56. The number of rotatable bonds is 4. The van der Waals surface area contributed by atoms with Gasteiger partial charge in [-0.25, -0.2) is 4.68 Å². The van der Waals surface area contributed by atoms with Crippen LogP contribution >= 0.6 is 0 Å². The molecule has 1 aliphatic rings. The van der Waals surface area contributed by atoms with Gasteiger partial charge in [0.05, 0.1) is 11.5 Å². The molecule has 0 spiro atoms. The molecule has 2 aromatic rings. The first-order valence-corrected chi connectivity index (χ1v) is 8.56. The van der Waals surface area contributed by atoms with E-state index in [0.29, 0.717) is 42.7 Å². The highest BCUT2D eigenvalue weighted by Gasteiger charge is 2.27. The molecule has 24 heavy (non-hydrogen) atoms. The third kappa shape index (κ3) is 3.06. The highest BCUT2D eigenvalue weighted by molar-refractivity contribution is 6.04. The highest BCUT2D eigenvalue weighted by atomic mass is 16.5. The zero-order chi connectivity index (χ0) is 17.1. The van der Waals surface area contributed by atoms with E-state index < -0.39 is 0 Å². The van der Waals surface area contributed by atoms with Crippen molar-refractivity contribution in [2.24, 2.45) is 0 Å². The predicted octanol–water partition coefficient (Wildman–Crippen LogP) is 2.06. The van der Waals surface area contributed by atoms with Crippen LogP contribution in [0.25, 0.3) is 10.8 Å². The lowest BCUT2D eigenvalue weighted by Gasteiger charge is -2.32. The number of aromatic nitrogens is 2. The molecular weight excluding hydrogens is 306 g/mol. The summed E-state index contributed by atoms with van der Waals surface area (Å²) in [5, 5.41) is 5.50. The Morgan fingerprint density at radius 3 is 2.75 bits per heavy atom. The van der Waals surface area contributed by atoms with Gasteiger partial charge in [0.15, 0.2) is 5.69 Å². The Balaban J connectivity index is 2.00. The minimum atomic E-state index is -0.157. The lowest BCUT2D eigenvalue weighted by molar-refractivity contribution is 0.00703. The van der Waals surface area contributed by atoms with E-state index in [4.69, 9.17) is 4.74 Å². The van der Waals surface area contributed by atoms with E-state index in [1.54, 1.807) is 17.0 Å². The number of piperidine rings is 1. The van der Waals surface area contributed by atoms with Crippen LogP contribution in [0.3, 0.4) is 0 Å². The van der Waals surface area contributed by atoms with Gasteiger partial charge in [0.25, 0.3) is 11.5 Å². The quantitative estimate of drug-likeness (QED) is 0.861. The normalized spacial score (nSPS) is 18.1. The van der Waals surface area contributed by atoms with Crippen LogP contribution in [-0.4, -0.2) is 46.4 Å². The smallest absolute Gasteiger partial charge is 0.275 e. The summed E-state index contributed by atoms with van der Waals surface area (Å²) in [6.07, 6.45) is 1.97. The second kappa shape index (κ2) is 7.13. The molecule has 0 saturated carbocycles. The lowest BCUT2D eigenvalue weighted by atomic mass is 10.1. The van der Waals surface area contributed by atoms with Crippen molar-refractivity contribution in [2.75, 3.05) is 19.7 Å². The van der Waals surface area contributed by atoms with Crippen LogP contribution in [-0.2, 0) is 11.3 Å². The maximum atomic E-state index is 13.0. The van der Waals surface area contributed by atoms with E-state index in [2.05, 4.69) is 5.10 Å². The molecule has 6 heteroatoms. The zero-order valence-corrected chi connectivity index (χ0v) is 14.2. The Morgan fingerprint density at radius 1 is 1.29 bits per heavy atom. The predicted molar refractivity (Wildman–Crippen MR) is 92.2 cm³/mol. The molecule has 3 rings (SSSR count). The number of hydrogen-bond donors (Lipinski definition) is 0. The van der Waals surface area contributed by atoms with Crippen molar-refractivity contribution >= 4 is 16.7 Å². The largest absolute Gasteiger partial charge is 0.377 e. The summed E-state index contributed by atoms with van der Waals surface area (Å²) in [5.74, 6) is -0.127. The van der Waals surface area contributed by atoms with Gasteiger partial charge < -0.3 is 9.64 Å². The Bertz CT molecular complexity index is 798. The first kappa shape index (κ1) is 16.6. The Labute approximate surface area is 141 Å². The van der Waals surface area contributed by atoms with E-state index >= 15 is 0 Å². The SMILES string of the molecule is CCO[C@H]1CCCN(C(=O)c2nn(CC)c(=O)c3ccccc23)C1. The fraction of sp³-hybridized carbons (Fsp3) is 0.500. The molecule has 1 amide bonds. The molecule has 0 unspecified atom stereocenters. The lowest BCUT2D eigenvalue weighted by Crippen LogP contribution is -2.44. The fourth-order valence-electron chi connectivity index (χ4n) is 3.25. The van der Waals surface area contributed by atoms with E-state index in [1.165, 1.54) is 4.68 Å². The molecule has 1 aromatic heterocycles. The van der Waals surface area contributed by atoms with Crippen molar-refractivity contribution in [1.29, 1.82) is 0 Å². The summed E-state index contributed by atoms with van der Waals surface area (Å²) < 4.78 is 7.04. The fourth-order valence-corrected chi connectivity index (χ4v) is 3.25. The summed E-state index contributed by atoms with van der Waals surface area (Å²) in [5.41, 5.74) is 0.194. The second-order valence-electron chi connectivity index (χ2n) is 5.99. The van der Waals surface area contributed by atoms with Gasteiger partial charge in [-0.2, -0.15) is 5.10 Å². The number of fused-ring (bicyclic) bond motifs is 1. The van der Waals surface area contributed by atoms with Gasteiger partial charge in [-0.15, -0.1) is 0 Å². The topological polar surface area (TPSA) is 64.4 Å². The summed E-state index contributed by atoms with van der Waals surface area (Å²) in [7, 11) is 0. The van der Waals surface area contributed by atoms with Crippen molar-refractivity contribution in [3.05, 3.63) is 40.3 Å². The van der Waals surface area contributed by atoms with Crippen LogP contribution in [0.4, 0.5) is 0 Å². The van der Waals surface area contributed by atoms with Crippen LogP contribution in [0.1, 0.15) is 37.2 Å². The minimum absolute atomic E-state index is 0.0797. The number of amides is 1. The molecule has 0 aliphatic carbocycles. The number of ether oxygens (including phenoxy) is 1. The second-order valence-corrected chi connectivity index (χ2v) is 5.99. The van der Waals surface area contributed by atoms with Gasteiger partial charge in [-0.05, 0) is 32.8 Å². The molecule has 0 bridgehead atoms. The van der Waals surface area contributed by atoms with Crippen molar-refractivity contribution < 1.29 is 9.53 Å². The number of hydrogen-bond acceptors (Lipinski definition) is 4. The number of aryl methyl sites for hydroxylation is 1. The van der Waals surface area contributed by atoms with E-state index in [9.17, 15) is 9.59 Å². The summed E-state index contributed by atoms with van der Waals surface area (Å²) in [6.45, 7) is 6.17. The number of benzene rings is 1. The Hall–Kier alpha value is -2.21. The van der Waals surface area contributed by atoms with Crippen LogP contribution in [0.2, 0.25) is 0 Å². The van der Waals surface area contributed by atoms with Crippen LogP contribution in [0, 0.1) is 0 Å². The van der Waals surface area contributed by atoms with Crippen LogP contribution in [0.15, 0.2) is 29.1 Å². The standard InChI is InChI=1S/C18H23N3O3/c1-3-21-17(22)15-10-6-5-9-14(15)16(19-21)18(23)20-11-7-8-13(12-20)24-4-2/h5-6,9-10,13H,3-4,7-8,11-12H2,1-2H3/t13-/m0/s1. The van der Waals surface area contributed by atoms with Crippen LogP contribution in [0.5, 0.6) is 0 Å². The summed E-state index contributed by atoms with van der Waals surface area (Å²) >= 11 is 0. The molecule has 1 aliphatic heterocycles. The molecule has 0 radical (unpaired) electrons.